The van der Waals surface area contributed by atoms with Crippen LogP contribution < -0.4 is 4.90 Å². The van der Waals surface area contributed by atoms with Crippen molar-refractivity contribution < 1.29 is 19.5 Å². The Morgan fingerprint density at radius 1 is 1.00 bits per heavy atom. The molecule has 0 aromatic heterocycles. The second-order valence-corrected chi connectivity index (χ2v) is 11.5. The van der Waals surface area contributed by atoms with E-state index in [0.717, 1.165) is 15.5 Å². The van der Waals surface area contributed by atoms with Gasteiger partial charge in [0.2, 0.25) is 0 Å². The summed E-state index contributed by atoms with van der Waals surface area (Å²) in [6.45, 7) is 5.06. The third-order valence-electron chi connectivity index (χ3n) is 7.46. The lowest BCUT2D eigenvalue weighted by atomic mass is 9.71. The number of carbonyl (C=O) groups is 2. The van der Waals surface area contributed by atoms with Gasteiger partial charge in [0.15, 0.2) is 5.54 Å². The summed E-state index contributed by atoms with van der Waals surface area (Å²) < 4.78 is 5.61. The van der Waals surface area contributed by atoms with E-state index in [1.54, 1.807) is 26.8 Å². The van der Waals surface area contributed by atoms with Crippen LogP contribution in [0, 0.1) is 28.6 Å². The summed E-state index contributed by atoms with van der Waals surface area (Å²) in [7, 11) is 0. The third-order valence-corrected chi connectivity index (χ3v) is 7.70. The maximum Gasteiger partial charge on any atom is 0.421 e. The minimum atomic E-state index is -1.93. The van der Waals surface area contributed by atoms with Crippen molar-refractivity contribution in [3.05, 3.63) is 112 Å². The fraction of sp³-hybridized carbons (Fsp3) is 0.250. The second-order valence-electron chi connectivity index (χ2n) is 11.0. The van der Waals surface area contributed by atoms with Crippen molar-refractivity contribution >= 4 is 29.3 Å². The highest BCUT2D eigenvalue weighted by Crippen LogP contribution is 2.63. The number of imide groups is 1. The standard InChI is InChI=1S/C32H27ClN4O4/c1-31(2,3)41-30(39)36-26-15-14-23(33)17-24(26)32(29(36)38)25(16-20(18-34)19-35)27(21-10-6-4-7-11-21)28(37(32)40)22-12-8-5-9-13-22/h4-17,25,27-28,40H,1-3H3/t25-,27-,28+,32-/m1/s1. The molecule has 1 saturated heterocycles. The summed E-state index contributed by atoms with van der Waals surface area (Å²) in [5.74, 6) is -2.39. The molecule has 2 aliphatic rings. The maximum atomic E-state index is 14.7. The van der Waals surface area contributed by atoms with E-state index in [0.29, 0.717) is 5.56 Å². The lowest BCUT2D eigenvalue weighted by molar-refractivity contribution is -0.189. The van der Waals surface area contributed by atoms with Crippen molar-refractivity contribution in [2.75, 3.05) is 4.90 Å². The number of carbonyl (C=O) groups excluding carboxylic acids is 2. The zero-order valence-corrected chi connectivity index (χ0v) is 23.4. The molecule has 1 fully saturated rings. The first kappa shape index (κ1) is 28.1. The van der Waals surface area contributed by atoms with Crippen LogP contribution in [-0.2, 0) is 15.1 Å². The topological polar surface area (TPSA) is 118 Å². The average molecular weight is 567 g/mol. The molecule has 2 amide bonds. The number of nitrogens with zero attached hydrogens (tertiary/aromatic N) is 4. The molecule has 206 valence electrons. The lowest BCUT2D eigenvalue weighted by Crippen LogP contribution is -2.53. The van der Waals surface area contributed by atoms with Crippen LogP contribution in [0.15, 0.2) is 90.5 Å². The highest BCUT2D eigenvalue weighted by molar-refractivity contribution is 6.31. The largest absolute Gasteiger partial charge is 0.443 e. The number of anilines is 1. The minimum Gasteiger partial charge on any atom is -0.443 e. The fourth-order valence-electron chi connectivity index (χ4n) is 5.98. The van der Waals surface area contributed by atoms with Crippen molar-refractivity contribution in [3.8, 4) is 12.1 Å². The van der Waals surface area contributed by atoms with E-state index >= 15 is 0 Å². The van der Waals surface area contributed by atoms with E-state index in [9.17, 15) is 25.3 Å². The van der Waals surface area contributed by atoms with Crippen molar-refractivity contribution in [2.24, 2.45) is 5.92 Å². The molecule has 3 aromatic carbocycles. The molecule has 1 N–H and O–H groups in total. The van der Waals surface area contributed by atoms with E-state index < -0.39 is 41.0 Å². The van der Waals surface area contributed by atoms with Crippen LogP contribution in [-0.4, -0.2) is 27.9 Å². The molecule has 5 rings (SSSR count). The van der Waals surface area contributed by atoms with Gasteiger partial charge in [-0.05, 0) is 56.2 Å². The molecule has 0 saturated carbocycles. The molecule has 3 aromatic rings. The molecular weight excluding hydrogens is 540 g/mol. The predicted octanol–water partition coefficient (Wildman–Crippen LogP) is 6.64. The van der Waals surface area contributed by atoms with Crippen molar-refractivity contribution in [3.63, 3.8) is 0 Å². The average Bonchev–Trinajstić information content (AvgIpc) is 3.35. The van der Waals surface area contributed by atoms with Gasteiger partial charge < -0.3 is 9.94 Å². The van der Waals surface area contributed by atoms with Gasteiger partial charge in [-0.1, -0.05) is 72.3 Å². The summed E-state index contributed by atoms with van der Waals surface area (Å²) in [5, 5.41) is 33.1. The molecule has 0 aliphatic carbocycles. The second kappa shape index (κ2) is 10.5. The molecule has 2 heterocycles. The first-order chi connectivity index (χ1) is 19.5. The number of rotatable bonds is 3. The van der Waals surface area contributed by atoms with E-state index in [1.165, 1.54) is 18.2 Å². The van der Waals surface area contributed by atoms with Crippen LogP contribution in [0.3, 0.4) is 0 Å². The Balaban J connectivity index is 1.86. The molecular formula is C32H27ClN4O4. The first-order valence-corrected chi connectivity index (χ1v) is 13.4. The SMILES string of the molecule is CC(C)(C)OC(=O)N1C(=O)[C@@]2(c3cc(Cl)ccc31)[C@H](C=C(C#N)C#N)[C@@H](c1ccccc1)[C@H](c1ccccc1)N2O. The van der Waals surface area contributed by atoms with Crippen LogP contribution in [0.1, 0.15) is 49.4 Å². The Hall–Kier alpha value is -4.47. The lowest BCUT2D eigenvalue weighted by Gasteiger charge is -2.35. The fourth-order valence-corrected chi connectivity index (χ4v) is 6.16. The molecule has 41 heavy (non-hydrogen) atoms. The number of hydrogen-bond donors (Lipinski definition) is 1. The number of allylic oxidation sites excluding steroid dienone is 1. The Morgan fingerprint density at radius 2 is 1.59 bits per heavy atom. The molecule has 0 radical (unpaired) electrons. The van der Waals surface area contributed by atoms with Crippen molar-refractivity contribution in [1.82, 2.24) is 5.06 Å². The molecule has 2 aliphatic heterocycles. The molecule has 8 nitrogen and oxygen atoms in total. The predicted molar refractivity (Wildman–Crippen MR) is 152 cm³/mol. The summed E-state index contributed by atoms with van der Waals surface area (Å²) in [6, 6.07) is 26.0. The van der Waals surface area contributed by atoms with Gasteiger partial charge in [-0.2, -0.15) is 15.6 Å². The highest BCUT2D eigenvalue weighted by atomic mass is 35.5. The Bertz CT molecular complexity index is 1610. The van der Waals surface area contributed by atoms with Crippen molar-refractivity contribution in [2.45, 2.75) is 43.9 Å². The Labute approximate surface area is 243 Å². The number of amides is 2. The smallest absolute Gasteiger partial charge is 0.421 e. The van der Waals surface area contributed by atoms with E-state index in [4.69, 9.17) is 16.3 Å². The molecule has 0 unspecified atom stereocenters. The number of halogens is 1. The Kier molecular flexibility index (Phi) is 7.19. The van der Waals surface area contributed by atoms with Crippen LogP contribution >= 0.6 is 11.6 Å². The van der Waals surface area contributed by atoms with Crippen LogP contribution in [0.4, 0.5) is 10.5 Å². The van der Waals surface area contributed by atoms with Crippen LogP contribution in [0.5, 0.6) is 0 Å². The summed E-state index contributed by atoms with van der Waals surface area (Å²) in [5.41, 5.74) is -1.16. The minimum absolute atomic E-state index is 0.196. The van der Waals surface area contributed by atoms with Crippen LogP contribution in [0.25, 0.3) is 0 Å². The van der Waals surface area contributed by atoms with Crippen molar-refractivity contribution in [1.29, 1.82) is 10.5 Å². The number of nitriles is 2. The summed E-state index contributed by atoms with van der Waals surface area (Å²) in [6.07, 6.45) is 0.504. The zero-order valence-electron chi connectivity index (χ0n) is 22.7. The van der Waals surface area contributed by atoms with E-state index in [-0.39, 0.29) is 21.8 Å². The zero-order chi connectivity index (χ0) is 29.5. The van der Waals surface area contributed by atoms with Crippen LogP contribution in [0.2, 0.25) is 5.02 Å². The monoisotopic (exact) mass is 566 g/mol. The summed E-state index contributed by atoms with van der Waals surface area (Å²) >= 11 is 6.46. The molecule has 0 bridgehead atoms. The first-order valence-electron chi connectivity index (χ1n) is 13.0. The van der Waals surface area contributed by atoms with E-state index in [1.807, 2.05) is 72.8 Å². The molecule has 9 heteroatoms. The number of benzene rings is 3. The number of fused-ring (bicyclic) bond motifs is 2. The maximum absolute atomic E-state index is 14.7. The van der Waals surface area contributed by atoms with Gasteiger partial charge in [0, 0.05) is 22.4 Å². The Morgan fingerprint density at radius 3 is 2.15 bits per heavy atom. The number of ether oxygens (including phenoxy) is 1. The van der Waals surface area contributed by atoms with Gasteiger partial charge >= 0.3 is 6.09 Å². The molecule has 4 atom stereocenters. The van der Waals surface area contributed by atoms with Gasteiger partial charge in [-0.25, -0.2) is 9.69 Å². The summed E-state index contributed by atoms with van der Waals surface area (Å²) in [4.78, 5) is 29.2. The molecule has 1 spiro atoms. The van der Waals surface area contributed by atoms with E-state index in [2.05, 4.69) is 0 Å². The normalized spacial score (nSPS) is 23.5. The third kappa shape index (κ3) is 4.57. The van der Waals surface area contributed by atoms with Gasteiger partial charge in [-0.3, -0.25) is 4.79 Å². The van der Waals surface area contributed by atoms with Gasteiger partial charge in [0.1, 0.15) is 23.3 Å². The van der Waals surface area contributed by atoms with Gasteiger partial charge in [0.25, 0.3) is 5.91 Å². The highest BCUT2D eigenvalue weighted by Gasteiger charge is 2.69. The number of hydrogen-bond acceptors (Lipinski definition) is 7. The van der Waals surface area contributed by atoms with Gasteiger partial charge in [0.05, 0.1) is 11.7 Å². The quantitative estimate of drug-likeness (QED) is 0.353. The van der Waals surface area contributed by atoms with Gasteiger partial charge in [-0.15, -0.1) is 0 Å². The number of hydroxylamine groups is 2.